The molecule has 0 radical (unpaired) electrons. The van der Waals surface area contributed by atoms with E-state index in [1.54, 1.807) is 35.9 Å². The lowest BCUT2D eigenvalue weighted by Crippen LogP contribution is -2.41. The van der Waals surface area contributed by atoms with Crippen LogP contribution < -0.4 is 10.9 Å². The number of rotatable bonds is 2. The van der Waals surface area contributed by atoms with Crippen molar-refractivity contribution in [2.24, 2.45) is 0 Å². The highest BCUT2D eigenvalue weighted by Gasteiger charge is 2.05. The molecule has 0 unspecified atom stereocenters. The van der Waals surface area contributed by atoms with E-state index < -0.39 is 12.0 Å². The van der Waals surface area contributed by atoms with Crippen LogP contribution in [0.1, 0.15) is 5.56 Å². The average Bonchev–Trinajstić information content (AvgIpc) is 2.36. The van der Waals surface area contributed by atoms with Gasteiger partial charge in [-0.05, 0) is 23.8 Å². The van der Waals surface area contributed by atoms with Crippen molar-refractivity contribution >= 4 is 34.5 Å². The summed E-state index contributed by atoms with van der Waals surface area (Å²) in [5, 5.41) is 9.69. The summed E-state index contributed by atoms with van der Waals surface area (Å²) in [5.41, 5.74) is 5.37. The maximum absolute atomic E-state index is 11.4. The fourth-order valence-electron chi connectivity index (χ4n) is 1.62. The van der Waals surface area contributed by atoms with Crippen LogP contribution in [0, 0.1) is 0 Å². The summed E-state index contributed by atoms with van der Waals surface area (Å²) in [5.74, 6) is -0.447. The Bertz CT molecular complexity index is 645. The standard InChI is InChI=1S/C12H10ClN3O3/c13-9-5-8-3-7(1-2-10(8)14-6-9)4-11(17)15-16-12(18)19/h1-3,5-6,16H,4H2,(H,15,17)(H,18,19). The fourth-order valence-corrected chi connectivity index (χ4v) is 1.78. The summed E-state index contributed by atoms with van der Waals surface area (Å²) in [7, 11) is 0. The van der Waals surface area contributed by atoms with E-state index >= 15 is 0 Å². The number of fused-ring (bicyclic) bond motifs is 1. The predicted octanol–water partition coefficient (Wildman–Crippen LogP) is 1.73. The molecular formula is C12H10ClN3O3. The van der Waals surface area contributed by atoms with Gasteiger partial charge in [0.25, 0.3) is 0 Å². The zero-order valence-electron chi connectivity index (χ0n) is 9.68. The maximum atomic E-state index is 11.4. The number of halogens is 1. The largest absolute Gasteiger partial charge is 0.464 e. The Balaban J connectivity index is 2.12. The van der Waals surface area contributed by atoms with Gasteiger partial charge in [-0.3, -0.25) is 15.2 Å². The number of benzene rings is 1. The van der Waals surface area contributed by atoms with Gasteiger partial charge in [-0.2, -0.15) is 0 Å². The van der Waals surface area contributed by atoms with Crippen LogP contribution in [0.25, 0.3) is 10.9 Å². The molecule has 0 atom stereocenters. The van der Waals surface area contributed by atoms with Crippen molar-refractivity contribution in [3.63, 3.8) is 0 Å². The van der Waals surface area contributed by atoms with E-state index in [-0.39, 0.29) is 6.42 Å². The molecule has 2 rings (SSSR count). The Labute approximate surface area is 113 Å². The number of carboxylic acid groups (broad SMARTS) is 1. The van der Waals surface area contributed by atoms with Crippen LogP contribution in [0.15, 0.2) is 30.5 Å². The maximum Gasteiger partial charge on any atom is 0.423 e. The summed E-state index contributed by atoms with van der Waals surface area (Å²) in [4.78, 5) is 25.8. The number of aromatic nitrogens is 1. The Kier molecular flexibility index (Phi) is 3.82. The van der Waals surface area contributed by atoms with Gasteiger partial charge in [0.15, 0.2) is 0 Å². The first kappa shape index (κ1) is 13.1. The third-order valence-corrected chi connectivity index (χ3v) is 2.59. The number of nitrogens with zero attached hydrogens (tertiary/aromatic N) is 1. The van der Waals surface area contributed by atoms with Crippen molar-refractivity contribution < 1.29 is 14.7 Å². The summed E-state index contributed by atoms with van der Waals surface area (Å²) in [6.45, 7) is 0. The molecular weight excluding hydrogens is 270 g/mol. The van der Waals surface area contributed by atoms with Gasteiger partial charge in [-0.25, -0.2) is 10.2 Å². The molecule has 0 spiro atoms. The van der Waals surface area contributed by atoms with Crippen molar-refractivity contribution in [2.75, 3.05) is 0 Å². The van der Waals surface area contributed by atoms with E-state index in [2.05, 4.69) is 10.4 Å². The van der Waals surface area contributed by atoms with Crippen molar-refractivity contribution in [3.8, 4) is 0 Å². The molecule has 0 saturated carbocycles. The number of carbonyl (C=O) groups is 2. The molecule has 0 aliphatic heterocycles. The minimum Gasteiger partial charge on any atom is -0.464 e. The molecule has 2 amide bonds. The number of nitrogens with one attached hydrogen (secondary N) is 2. The zero-order chi connectivity index (χ0) is 13.8. The SMILES string of the molecule is O=C(O)NNC(=O)Cc1ccc2ncc(Cl)cc2c1. The topological polar surface area (TPSA) is 91.3 Å². The van der Waals surface area contributed by atoms with Crippen molar-refractivity contribution in [2.45, 2.75) is 6.42 Å². The highest BCUT2D eigenvalue weighted by molar-refractivity contribution is 6.31. The first-order valence-electron chi connectivity index (χ1n) is 5.36. The van der Waals surface area contributed by atoms with Crippen molar-refractivity contribution in [1.29, 1.82) is 0 Å². The number of pyridine rings is 1. The van der Waals surface area contributed by atoms with Gasteiger partial charge in [-0.1, -0.05) is 17.7 Å². The lowest BCUT2D eigenvalue weighted by atomic mass is 10.1. The smallest absolute Gasteiger partial charge is 0.423 e. The van der Waals surface area contributed by atoms with Gasteiger partial charge >= 0.3 is 6.09 Å². The van der Waals surface area contributed by atoms with Crippen LogP contribution in [0.3, 0.4) is 0 Å². The molecule has 0 aliphatic rings. The van der Waals surface area contributed by atoms with Gasteiger partial charge < -0.3 is 5.11 Å². The first-order valence-corrected chi connectivity index (χ1v) is 5.74. The van der Waals surface area contributed by atoms with Crippen LogP contribution in [-0.4, -0.2) is 22.1 Å². The number of hydrazine groups is 1. The number of amides is 2. The highest BCUT2D eigenvalue weighted by atomic mass is 35.5. The Morgan fingerprint density at radius 2 is 2.05 bits per heavy atom. The van der Waals surface area contributed by atoms with Gasteiger partial charge in [0.2, 0.25) is 5.91 Å². The second-order valence-electron chi connectivity index (χ2n) is 3.84. The number of hydrogen-bond acceptors (Lipinski definition) is 3. The summed E-state index contributed by atoms with van der Waals surface area (Å²) < 4.78 is 0. The molecule has 19 heavy (non-hydrogen) atoms. The minimum atomic E-state index is -1.32. The summed E-state index contributed by atoms with van der Waals surface area (Å²) in [6, 6.07) is 7.07. The second-order valence-corrected chi connectivity index (χ2v) is 4.27. The van der Waals surface area contributed by atoms with E-state index in [0.717, 1.165) is 16.5 Å². The van der Waals surface area contributed by atoms with Crippen LogP contribution >= 0.6 is 11.6 Å². The molecule has 2 aromatic rings. The Morgan fingerprint density at radius 1 is 1.26 bits per heavy atom. The highest BCUT2D eigenvalue weighted by Crippen LogP contribution is 2.18. The van der Waals surface area contributed by atoms with Crippen molar-refractivity contribution in [1.82, 2.24) is 15.8 Å². The quantitative estimate of drug-likeness (QED) is 0.730. The molecule has 0 aliphatic carbocycles. The molecule has 1 aromatic heterocycles. The van der Waals surface area contributed by atoms with Gasteiger partial charge in [0, 0.05) is 11.6 Å². The normalized spacial score (nSPS) is 10.2. The summed E-state index contributed by atoms with van der Waals surface area (Å²) >= 11 is 5.84. The van der Waals surface area contributed by atoms with Gasteiger partial charge in [0.05, 0.1) is 17.0 Å². The van der Waals surface area contributed by atoms with E-state index in [0.29, 0.717) is 5.02 Å². The van der Waals surface area contributed by atoms with E-state index in [9.17, 15) is 9.59 Å². The third-order valence-electron chi connectivity index (χ3n) is 2.39. The Hall–Kier alpha value is -2.34. The molecule has 0 bridgehead atoms. The number of hydrogen-bond donors (Lipinski definition) is 3. The number of carbonyl (C=O) groups excluding carboxylic acids is 1. The van der Waals surface area contributed by atoms with Crippen LogP contribution in [0.5, 0.6) is 0 Å². The van der Waals surface area contributed by atoms with Gasteiger partial charge in [0.1, 0.15) is 0 Å². The first-order chi connectivity index (χ1) is 9.04. The molecule has 7 heteroatoms. The molecule has 1 aromatic carbocycles. The third kappa shape index (κ3) is 3.56. The van der Waals surface area contributed by atoms with E-state index in [1.807, 2.05) is 0 Å². The Morgan fingerprint density at radius 3 is 2.79 bits per heavy atom. The molecule has 1 heterocycles. The van der Waals surface area contributed by atoms with Crippen LogP contribution in [-0.2, 0) is 11.2 Å². The lowest BCUT2D eigenvalue weighted by molar-refractivity contribution is -0.121. The lowest BCUT2D eigenvalue weighted by Gasteiger charge is -2.05. The second kappa shape index (κ2) is 5.53. The molecule has 0 fully saturated rings. The van der Waals surface area contributed by atoms with Crippen LogP contribution in [0.4, 0.5) is 4.79 Å². The predicted molar refractivity (Wildman–Crippen MR) is 69.8 cm³/mol. The molecule has 6 nitrogen and oxygen atoms in total. The monoisotopic (exact) mass is 279 g/mol. The van der Waals surface area contributed by atoms with Crippen LogP contribution in [0.2, 0.25) is 5.02 Å². The molecule has 0 saturated heterocycles. The molecule has 98 valence electrons. The molecule has 3 N–H and O–H groups in total. The van der Waals surface area contributed by atoms with Gasteiger partial charge in [-0.15, -0.1) is 0 Å². The minimum absolute atomic E-state index is 0.0583. The van der Waals surface area contributed by atoms with Crippen molar-refractivity contribution in [3.05, 3.63) is 41.0 Å². The van der Waals surface area contributed by atoms with E-state index in [1.165, 1.54) is 0 Å². The van der Waals surface area contributed by atoms with E-state index in [4.69, 9.17) is 16.7 Å². The fraction of sp³-hybridized carbons (Fsp3) is 0.0833. The zero-order valence-corrected chi connectivity index (χ0v) is 10.4. The average molecular weight is 280 g/mol. The summed E-state index contributed by atoms with van der Waals surface area (Å²) in [6.07, 6.45) is 0.290.